The summed E-state index contributed by atoms with van der Waals surface area (Å²) in [6.45, 7) is 1.87. The summed E-state index contributed by atoms with van der Waals surface area (Å²) in [7, 11) is 0. The molecule has 120 valence electrons. The molecule has 1 aliphatic rings. The Hall–Kier alpha value is -2.24. The number of rotatable bonds is 3. The molecule has 6 heteroatoms. The van der Waals surface area contributed by atoms with Crippen LogP contribution in [-0.2, 0) is 0 Å². The quantitative estimate of drug-likeness (QED) is 0.689. The minimum Gasteiger partial charge on any atom is -0.508 e. The maximum Gasteiger partial charge on any atom is 0.131 e. The van der Waals surface area contributed by atoms with Gasteiger partial charge in [0.05, 0.1) is 17.1 Å². The van der Waals surface area contributed by atoms with Crippen molar-refractivity contribution in [2.45, 2.75) is 12.5 Å². The Bertz CT molecular complexity index is 795. The molecule has 0 spiro atoms. The van der Waals surface area contributed by atoms with Gasteiger partial charge in [-0.1, -0.05) is 12.1 Å². The zero-order valence-corrected chi connectivity index (χ0v) is 13.3. The highest BCUT2D eigenvalue weighted by atomic mass is 35.5. The normalized spacial score (nSPS) is 17.1. The summed E-state index contributed by atoms with van der Waals surface area (Å²) in [5.41, 5.74) is 3.02. The average molecular weight is 332 g/mol. The standard InChI is InChI=1S/C17H17N3O2.ClH/c21-13-3-1-11(2-4-13)12-7-16-15(10-19-20-16)17(8-12)22-14-5-6-18-9-14;/h1-4,7-8,10,14,18,21H,5-6,9H2,(H,19,20);1H. The number of nitrogens with zero attached hydrogens (tertiary/aromatic N) is 1. The first-order chi connectivity index (χ1) is 10.8. The number of hydrogen-bond donors (Lipinski definition) is 3. The number of fused-ring (bicyclic) bond motifs is 1. The van der Waals surface area contributed by atoms with Crippen LogP contribution in [-0.4, -0.2) is 34.5 Å². The number of phenols is 1. The SMILES string of the molecule is Cl.Oc1ccc(-c2cc(OC3CCNC3)c3cn[nH]c3c2)cc1. The van der Waals surface area contributed by atoms with E-state index in [-0.39, 0.29) is 24.3 Å². The monoisotopic (exact) mass is 331 g/mol. The predicted octanol–water partition coefficient (Wildman–Crippen LogP) is 3.10. The van der Waals surface area contributed by atoms with Crippen molar-refractivity contribution >= 4 is 23.3 Å². The van der Waals surface area contributed by atoms with Crippen LogP contribution in [0.15, 0.2) is 42.6 Å². The molecule has 23 heavy (non-hydrogen) atoms. The first kappa shape index (κ1) is 15.6. The third-order valence-corrected chi connectivity index (χ3v) is 4.03. The highest BCUT2D eigenvalue weighted by molar-refractivity contribution is 5.89. The fourth-order valence-electron chi connectivity index (χ4n) is 2.85. The molecule has 0 saturated carbocycles. The predicted molar refractivity (Wildman–Crippen MR) is 92.3 cm³/mol. The van der Waals surface area contributed by atoms with E-state index in [0.29, 0.717) is 0 Å². The van der Waals surface area contributed by atoms with Gasteiger partial charge in [-0.2, -0.15) is 5.10 Å². The van der Waals surface area contributed by atoms with Crippen molar-refractivity contribution < 1.29 is 9.84 Å². The summed E-state index contributed by atoms with van der Waals surface area (Å²) in [6, 6.07) is 11.3. The molecule has 4 rings (SSSR count). The van der Waals surface area contributed by atoms with Gasteiger partial charge in [-0.3, -0.25) is 5.10 Å². The fourth-order valence-corrected chi connectivity index (χ4v) is 2.85. The van der Waals surface area contributed by atoms with Crippen LogP contribution in [0.1, 0.15) is 6.42 Å². The van der Waals surface area contributed by atoms with Crippen molar-refractivity contribution in [3.63, 3.8) is 0 Å². The third-order valence-electron chi connectivity index (χ3n) is 4.03. The molecular formula is C17H18ClN3O2. The van der Waals surface area contributed by atoms with Gasteiger partial charge in [0.2, 0.25) is 0 Å². The van der Waals surface area contributed by atoms with E-state index in [0.717, 1.165) is 47.3 Å². The minimum atomic E-state index is 0. The molecule has 1 atom stereocenters. The van der Waals surface area contributed by atoms with Crippen LogP contribution >= 0.6 is 12.4 Å². The van der Waals surface area contributed by atoms with Crippen molar-refractivity contribution in [2.75, 3.05) is 13.1 Å². The average Bonchev–Trinajstić information content (AvgIpc) is 3.19. The van der Waals surface area contributed by atoms with Gasteiger partial charge in [0.25, 0.3) is 0 Å². The number of benzene rings is 2. The van der Waals surface area contributed by atoms with Gasteiger partial charge in [0.1, 0.15) is 17.6 Å². The molecule has 1 unspecified atom stereocenters. The van der Waals surface area contributed by atoms with E-state index in [4.69, 9.17) is 4.74 Å². The van der Waals surface area contributed by atoms with Crippen LogP contribution in [0.25, 0.3) is 22.0 Å². The Morgan fingerprint density at radius 2 is 1.96 bits per heavy atom. The van der Waals surface area contributed by atoms with Crippen LogP contribution in [0, 0.1) is 0 Å². The molecule has 2 heterocycles. The van der Waals surface area contributed by atoms with Crippen molar-refractivity contribution in [1.29, 1.82) is 0 Å². The first-order valence-corrected chi connectivity index (χ1v) is 7.43. The molecule has 0 aliphatic carbocycles. The number of aromatic nitrogens is 2. The summed E-state index contributed by atoms with van der Waals surface area (Å²) < 4.78 is 6.16. The maximum absolute atomic E-state index is 9.44. The molecule has 5 nitrogen and oxygen atoms in total. The Balaban J connectivity index is 0.00000156. The van der Waals surface area contributed by atoms with E-state index in [1.807, 2.05) is 18.2 Å². The highest BCUT2D eigenvalue weighted by Gasteiger charge is 2.18. The molecular weight excluding hydrogens is 314 g/mol. The van der Waals surface area contributed by atoms with Crippen molar-refractivity contribution in [3.05, 3.63) is 42.6 Å². The second-order valence-electron chi connectivity index (χ2n) is 5.59. The van der Waals surface area contributed by atoms with Crippen molar-refractivity contribution in [3.8, 4) is 22.6 Å². The Labute approximate surface area is 140 Å². The van der Waals surface area contributed by atoms with E-state index in [9.17, 15) is 5.11 Å². The van der Waals surface area contributed by atoms with Crippen LogP contribution in [0.4, 0.5) is 0 Å². The van der Waals surface area contributed by atoms with E-state index < -0.39 is 0 Å². The van der Waals surface area contributed by atoms with Gasteiger partial charge in [0, 0.05) is 6.54 Å². The molecule has 1 saturated heterocycles. The van der Waals surface area contributed by atoms with Crippen LogP contribution in [0.3, 0.4) is 0 Å². The lowest BCUT2D eigenvalue weighted by molar-refractivity contribution is 0.226. The summed E-state index contributed by atoms with van der Waals surface area (Å²) in [5, 5.41) is 20.9. The largest absolute Gasteiger partial charge is 0.508 e. The molecule has 3 N–H and O–H groups in total. The van der Waals surface area contributed by atoms with Gasteiger partial charge in [0.15, 0.2) is 0 Å². The highest BCUT2D eigenvalue weighted by Crippen LogP contribution is 2.33. The van der Waals surface area contributed by atoms with Gasteiger partial charge in [-0.25, -0.2) is 0 Å². The summed E-state index contributed by atoms with van der Waals surface area (Å²) in [5.74, 6) is 1.11. The maximum atomic E-state index is 9.44. The fraction of sp³-hybridized carbons (Fsp3) is 0.235. The number of nitrogens with one attached hydrogen (secondary N) is 2. The topological polar surface area (TPSA) is 70.2 Å². The summed E-state index contributed by atoms with van der Waals surface area (Å²) in [4.78, 5) is 0. The number of H-pyrrole nitrogens is 1. The van der Waals surface area contributed by atoms with Gasteiger partial charge in [-0.15, -0.1) is 12.4 Å². The van der Waals surface area contributed by atoms with Crippen molar-refractivity contribution in [2.24, 2.45) is 0 Å². The Morgan fingerprint density at radius 3 is 2.70 bits per heavy atom. The second kappa shape index (κ2) is 6.48. The Kier molecular flexibility index (Phi) is 4.41. The number of aromatic amines is 1. The van der Waals surface area contributed by atoms with Gasteiger partial charge >= 0.3 is 0 Å². The second-order valence-corrected chi connectivity index (χ2v) is 5.59. The first-order valence-electron chi connectivity index (χ1n) is 7.43. The van der Waals surface area contributed by atoms with E-state index >= 15 is 0 Å². The minimum absolute atomic E-state index is 0. The molecule has 0 amide bonds. The zero-order chi connectivity index (χ0) is 14.9. The molecule has 1 aliphatic heterocycles. The molecule has 2 aromatic carbocycles. The molecule has 1 aromatic heterocycles. The molecule has 3 aromatic rings. The summed E-state index contributed by atoms with van der Waals surface area (Å²) >= 11 is 0. The molecule has 1 fully saturated rings. The van der Waals surface area contributed by atoms with Gasteiger partial charge < -0.3 is 15.2 Å². The number of hydrogen-bond acceptors (Lipinski definition) is 4. The van der Waals surface area contributed by atoms with E-state index in [1.165, 1.54) is 0 Å². The Morgan fingerprint density at radius 1 is 1.13 bits per heavy atom. The lowest BCUT2D eigenvalue weighted by Crippen LogP contribution is -2.19. The van der Waals surface area contributed by atoms with Crippen LogP contribution in [0.2, 0.25) is 0 Å². The summed E-state index contributed by atoms with van der Waals surface area (Å²) in [6.07, 6.45) is 3.02. The van der Waals surface area contributed by atoms with E-state index in [1.54, 1.807) is 18.3 Å². The zero-order valence-electron chi connectivity index (χ0n) is 12.5. The number of halogens is 1. The molecule has 0 radical (unpaired) electrons. The third kappa shape index (κ3) is 3.11. The number of phenolic OH excluding ortho intramolecular Hbond substituents is 1. The number of ether oxygens (including phenoxy) is 1. The van der Waals surface area contributed by atoms with Crippen molar-refractivity contribution in [1.82, 2.24) is 15.5 Å². The van der Waals surface area contributed by atoms with Crippen LogP contribution < -0.4 is 10.1 Å². The lowest BCUT2D eigenvalue weighted by atomic mass is 10.0. The van der Waals surface area contributed by atoms with Crippen LogP contribution in [0.5, 0.6) is 11.5 Å². The number of aromatic hydroxyl groups is 1. The van der Waals surface area contributed by atoms with E-state index in [2.05, 4.69) is 21.6 Å². The lowest BCUT2D eigenvalue weighted by Gasteiger charge is -2.14. The molecule has 0 bridgehead atoms. The smallest absolute Gasteiger partial charge is 0.131 e. The van der Waals surface area contributed by atoms with Gasteiger partial charge in [-0.05, 0) is 48.4 Å².